The number of benzene rings is 1. The van der Waals surface area contributed by atoms with Gasteiger partial charge >= 0.3 is 5.97 Å². The summed E-state index contributed by atoms with van der Waals surface area (Å²) in [5, 5.41) is 4.27. The molecule has 24 heavy (non-hydrogen) atoms. The summed E-state index contributed by atoms with van der Waals surface area (Å²) in [6.45, 7) is 3.63. The summed E-state index contributed by atoms with van der Waals surface area (Å²) in [6, 6.07) is 9.60. The van der Waals surface area contributed by atoms with E-state index in [0.717, 1.165) is 11.3 Å². The average molecular weight is 327 g/mol. The number of para-hydroxylation sites is 1. The lowest BCUT2D eigenvalue weighted by molar-refractivity contribution is -0.146. The number of aromatic nitrogens is 2. The first-order valence-electron chi connectivity index (χ1n) is 7.67. The highest BCUT2D eigenvalue weighted by Gasteiger charge is 2.18. The maximum Gasteiger partial charge on any atom is 0.325 e. The number of methoxy groups -OCH3 is 1. The zero-order valence-corrected chi connectivity index (χ0v) is 14.0. The Bertz CT molecular complexity index is 720. The standard InChI is InChI=1S/C18H21N3O3/c1-14(2)20(13-18(23)24-3)17(22)10-9-15-11-19-21(12-15)16-7-5-4-6-8-16/h4-12,14H,13H2,1-3H3. The number of amides is 1. The first-order chi connectivity index (χ1) is 11.5. The van der Waals surface area contributed by atoms with Crippen LogP contribution in [0.3, 0.4) is 0 Å². The molecule has 0 unspecified atom stereocenters. The molecule has 2 rings (SSSR count). The molecule has 1 heterocycles. The van der Waals surface area contributed by atoms with E-state index in [9.17, 15) is 9.59 Å². The molecule has 0 aliphatic rings. The second kappa shape index (κ2) is 8.10. The van der Waals surface area contributed by atoms with Gasteiger partial charge in [0.15, 0.2) is 0 Å². The minimum Gasteiger partial charge on any atom is -0.468 e. The Morgan fingerprint density at radius 2 is 2.00 bits per heavy atom. The highest BCUT2D eigenvalue weighted by molar-refractivity contribution is 5.93. The maximum atomic E-state index is 12.3. The summed E-state index contributed by atoms with van der Waals surface area (Å²) >= 11 is 0. The van der Waals surface area contributed by atoms with Gasteiger partial charge < -0.3 is 9.64 Å². The van der Waals surface area contributed by atoms with Crippen molar-refractivity contribution in [2.75, 3.05) is 13.7 Å². The molecule has 0 spiro atoms. The fourth-order valence-corrected chi connectivity index (χ4v) is 2.13. The number of ether oxygens (including phenoxy) is 1. The molecule has 0 aliphatic heterocycles. The molecule has 0 saturated heterocycles. The first-order valence-corrected chi connectivity index (χ1v) is 7.67. The lowest BCUT2D eigenvalue weighted by atomic mass is 10.2. The largest absolute Gasteiger partial charge is 0.468 e. The summed E-state index contributed by atoms with van der Waals surface area (Å²) in [5.74, 6) is -0.690. The quantitative estimate of drug-likeness (QED) is 0.603. The molecule has 1 amide bonds. The first kappa shape index (κ1) is 17.5. The fourth-order valence-electron chi connectivity index (χ4n) is 2.13. The molecule has 0 N–H and O–H groups in total. The van der Waals surface area contributed by atoms with Gasteiger partial charge in [-0.05, 0) is 32.1 Å². The van der Waals surface area contributed by atoms with E-state index in [1.165, 1.54) is 18.1 Å². The Hall–Kier alpha value is -2.89. The Morgan fingerprint density at radius 1 is 1.29 bits per heavy atom. The Balaban J connectivity index is 2.08. The molecule has 0 fully saturated rings. The van der Waals surface area contributed by atoms with E-state index in [2.05, 4.69) is 9.84 Å². The summed E-state index contributed by atoms with van der Waals surface area (Å²) in [7, 11) is 1.30. The molecule has 0 atom stereocenters. The van der Waals surface area contributed by atoms with Gasteiger partial charge in [-0.3, -0.25) is 9.59 Å². The van der Waals surface area contributed by atoms with Crippen LogP contribution in [0.5, 0.6) is 0 Å². The van der Waals surface area contributed by atoms with E-state index >= 15 is 0 Å². The van der Waals surface area contributed by atoms with Crippen molar-refractivity contribution >= 4 is 18.0 Å². The molecule has 6 heteroatoms. The van der Waals surface area contributed by atoms with Crippen molar-refractivity contribution in [1.82, 2.24) is 14.7 Å². The van der Waals surface area contributed by atoms with E-state index in [4.69, 9.17) is 0 Å². The monoisotopic (exact) mass is 327 g/mol. The lowest BCUT2D eigenvalue weighted by Gasteiger charge is -2.23. The van der Waals surface area contributed by atoms with Gasteiger partial charge in [0, 0.05) is 23.9 Å². The van der Waals surface area contributed by atoms with Crippen molar-refractivity contribution < 1.29 is 14.3 Å². The molecule has 0 aliphatic carbocycles. The smallest absolute Gasteiger partial charge is 0.325 e. The molecule has 0 saturated carbocycles. The van der Waals surface area contributed by atoms with Gasteiger partial charge in [-0.15, -0.1) is 0 Å². The number of esters is 1. The van der Waals surface area contributed by atoms with Gasteiger partial charge in [0.25, 0.3) is 0 Å². The third-order valence-corrected chi connectivity index (χ3v) is 3.48. The van der Waals surface area contributed by atoms with Crippen LogP contribution >= 0.6 is 0 Å². The van der Waals surface area contributed by atoms with Gasteiger partial charge in [0.1, 0.15) is 6.54 Å². The predicted molar refractivity (Wildman–Crippen MR) is 91.5 cm³/mol. The Morgan fingerprint density at radius 3 is 2.62 bits per heavy atom. The summed E-state index contributed by atoms with van der Waals surface area (Å²) in [5.41, 5.74) is 1.74. The van der Waals surface area contributed by atoms with Crippen LogP contribution in [0.2, 0.25) is 0 Å². The van der Waals surface area contributed by atoms with Gasteiger partial charge in [-0.1, -0.05) is 18.2 Å². The molecule has 0 bridgehead atoms. The van der Waals surface area contributed by atoms with Crippen LogP contribution in [0.15, 0.2) is 48.8 Å². The van der Waals surface area contributed by atoms with Crippen molar-refractivity contribution in [2.24, 2.45) is 0 Å². The highest BCUT2D eigenvalue weighted by Crippen LogP contribution is 2.09. The third-order valence-electron chi connectivity index (χ3n) is 3.48. The van der Waals surface area contributed by atoms with Gasteiger partial charge in [-0.2, -0.15) is 5.10 Å². The topological polar surface area (TPSA) is 64.4 Å². The fraction of sp³-hybridized carbons (Fsp3) is 0.278. The van der Waals surface area contributed by atoms with Gasteiger partial charge in [-0.25, -0.2) is 4.68 Å². The van der Waals surface area contributed by atoms with Crippen LogP contribution in [-0.4, -0.2) is 46.3 Å². The number of hydrogen-bond acceptors (Lipinski definition) is 4. The molecule has 2 aromatic rings. The number of nitrogens with zero attached hydrogens (tertiary/aromatic N) is 3. The van der Waals surface area contributed by atoms with Crippen molar-refractivity contribution in [3.8, 4) is 5.69 Å². The van der Waals surface area contributed by atoms with Crippen LogP contribution in [0.4, 0.5) is 0 Å². The zero-order chi connectivity index (χ0) is 17.5. The lowest BCUT2D eigenvalue weighted by Crippen LogP contribution is -2.40. The maximum absolute atomic E-state index is 12.3. The second-order valence-corrected chi connectivity index (χ2v) is 5.52. The van der Waals surface area contributed by atoms with E-state index in [0.29, 0.717) is 0 Å². The van der Waals surface area contributed by atoms with Crippen molar-refractivity contribution in [2.45, 2.75) is 19.9 Å². The molecule has 1 aromatic heterocycles. The summed E-state index contributed by atoms with van der Waals surface area (Å²) in [6.07, 6.45) is 6.63. The number of rotatable bonds is 6. The highest BCUT2D eigenvalue weighted by atomic mass is 16.5. The molecular formula is C18H21N3O3. The predicted octanol–water partition coefficient (Wildman–Crippen LogP) is 2.30. The minimum atomic E-state index is -0.442. The van der Waals surface area contributed by atoms with E-state index < -0.39 is 5.97 Å². The van der Waals surface area contributed by atoms with Crippen LogP contribution < -0.4 is 0 Å². The van der Waals surface area contributed by atoms with Crippen LogP contribution in [-0.2, 0) is 14.3 Å². The molecule has 0 radical (unpaired) electrons. The van der Waals surface area contributed by atoms with Gasteiger partial charge in [0.05, 0.1) is 19.0 Å². The third kappa shape index (κ3) is 4.55. The van der Waals surface area contributed by atoms with E-state index in [-0.39, 0.29) is 18.5 Å². The Labute approximate surface area is 141 Å². The summed E-state index contributed by atoms with van der Waals surface area (Å²) < 4.78 is 6.36. The zero-order valence-electron chi connectivity index (χ0n) is 14.0. The molecular weight excluding hydrogens is 306 g/mol. The number of hydrogen-bond donors (Lipinski definition) is 0. The van der Waals surface area contributed by atoms with Crippen molar-refractivity contribution in [1.29, 1.82) is 0 Å². The summed E-state index contributed by atoms with van der Waals surface area (Å²) in [4.78, 5) is 25.2. The van der Waals surface area contributed by atoms with Crippen molar-refractivity contribution in [3.63, 3.8) is 0 Å². The molecule has 6 nitrogen and oxygen atoms in total. The number of carbonyl (C=O) groups excluding carboxylic acids is 2. The van der Waals surface area contributed by atoms with Gasteiger partial charge in [0.2, 0.25) is 5.91 Å². The molecule has 126 valence electrons. The Kier molecular flexibility index (Phi) is 5.89. The van der Waals surface area contributed by atoms with Crippen LogP contribution in [0.1, 0.15) is 19.4 Å². The normalized spacial score (nSPS) is 11.0. The minimum absolute atomic E-state index is 0.0688. The van der Waals surface area contributed by atoms with E-state index in [1.54, 1.807) is 17.0 Å². The number of carbonyl (C=O) groups is 2. The second-order valence-electron chi connectivity index (χ2n) is 5.52. The van der Waals surface area contributed by atoms with E-state index in [1.807, 2.05) is 50.4 Å². The van der Waals surface area contributed by atoms with Crippen LogP contribution in [0.25, 0.3) is 11.8 Å². The van der Waals surface area contributed by atoms with Crippen molar-refractivity contribution in [3.05, 3.63) is 54.4 Å². The molecule has 1 aromatic carbocycles. The average Bonchev–Trinajstić information content (AvgIpc) is 3.06. The van der Waals surface area contributed by atoms with Crippen LogP contribution in [0, 0.1) is 0 Å². The SMILES string of the molecule is COC(=O)CN(C(=O)C=Cc1cnn(-c2ccccc2)c1)C(C)C.